The number of hydrogen-bond acceptors (Lipinski definition) is 4. The van der Waals surface area contributed by atoms with Gasteiger partial charge in [-0.25, -0.2) is 13.1 Å². The Balaban J connectivity index is 2.04. The molecule has 1 aliphatic carbocycles. The molecule has 0 atom stereocenters. The molecule has 1 aliphatic rings. The van der Waals surface area contributed by atoms with Gasteiger partial charge >= 0.3 is 0 Å². The molecule has 18 heavy (non-hydrogen) atoms. The van der Waals surface area contributed by atoms with E-state index in [4.69, 9.17) is 5.11 Å². The molecule has 102 valence electrons. The van der Waals surface area contributed by atoms with Crippen LogP contribution in [0.3, 0.4) is 0 Å². The fourth-order valence-electron chi connectivity index (χ4n) is 2.25. The maximum absolute atomic E-state index is 12.2. The summed E-state index contributed by atoms with van der Waals surface area (Å²) in [7, 11) is -3.37. The molecule has 0 saturated heterocycles. The van der Waals surface area contributed by atoms with Gasteiger partial charge in [0.15, 0.2) is 0 Å². The van der Waals surface area contributed by atoms with Gasteiger partial charge < -0.3 is 5.11 Å². The second-order valence-electron chi connectivity index (χ2n) is 4.65. The van der Waals surface area contributed by atoms with E-state index in [0.717, 1.165) is 30.6 Å². The van der Waals surface area contributed by atoms with Gasteiger partial charge in [0.1, 0.15) is 4.21 Å². The van der Waals surface area contributed by atoms with Gasteiger partial charge in [0.25, 0.3) is 0 Å². The topological polar surface area (TPSA) is 66.4 Å². The molecule has 2 N–H and O–H groups in total. The highest BCUT2D eigenvalue weighted by Gasteiger charge is 2.23. The van der Waals surface area contributed by atoms with Crippen molar-refractivity contribution in [1.82, 2.24) is 4.72 Å². The van der Waals surface area contributed by atoms with Gasteiger partial charge in [0.05, 0.1) is 0 Å². The number of rotatable bonds is 5. The molecule has 0 unspecified atom stereocenters. The molecule has 6 heteroatoms. The first-order valence-corrected chi connectivity index (χ1v) is 8.64. The monoisotopic (exact) mass is 289 g/mol. The molecule has 0 spiro atoms. The Morgan fingerprint density at radius 3 is 2.67 bits per heavy atom. The number of thiophene rings is 1. The Morgan fingerprint density at radius 2 is 2.00 bits per heavy atom. The predicted molar refractivity (Wildman–Crippen MR) is 72.3 cm³/mol. The molecule has 4 nitrogen and oxygen atoms in total. The molecule has 0 radical (unpaired) electrons. The lowest BCUT2D eigenvalue weighted by Crippen LogP contribution is -2.35. The third-order valence-electron chi connectivity index (χ3n) is 3.19. The highest BCUT2D eigenvalue weighted by Crippen LogP contribution is 2.24. The van der Waals surface area contributed by atoms with Crippen LogP contribution in [0.15, 0.2) is 16.3 Å². The molecule has 1 aromatic heterocycles. The number of aliphatic hydroxyl groups excluding tert-OH is 1. The van der Waals surface area contributed by atoms with E-state index in [0.29, 0.717) is 10.6 Å². The normalized spacial score (nSPS) is 18.1. The van der Waals surface area contributed by atoms with Gasteiger partial charge in [-0.1, -0.05) is 19.3 Å². The first-order chi connectivity index (χ1) is 8.62. The van der Waals surface area contributed by atoms with Crippen molar-refractivity contribution >= 4 is 21.4 Å². The SMILES string of the molecule is O=S(=O)(NC1CCCCC1)c1ccc(CCO)s1. The van der Waals surface area contributed by atoms with Crippen LogP contribution in [0, 0.1) is 0 Å². The van der Waals surface area contributed by atoms with Gasteiger partial charge in [-0.15, -0.1) is 11.3 Å². The Kier molecular flexibility index (Phi) is 4.77. The first kappa shape index (κ1) is 14.0. The van der Waals surface area contributed by atoms with Gasteiger partial charge in [-0.2, -0.15) is 0 Å². The molecule has 2 rings (SSSR count). The maximum Gasteiger partial charge on any atom is 0.250 e. The molecule has 1 heterocycles. The lowest BCUT2D eigenvalue weighted by atomic mass is 9.96. The van der Waals surface area contributed by atoms with E-state index in [-0.39, 0.29) is 12.6 Å². The van der Waals surface area contributed by atoms with Crippen molar-refractivity contribution in [3.8, 4) is 0 Å². The minimum Gasteiger partial charge on any atom is -0.396 e. The summed E-state index contributed by atoms with van der Waals surface area (Å²) >= 11 is 1.24. The van der Waals surface area contributed by atoms with Crippen molar-refractivity contribution < 1.29 is 13.5 Å². The van der Waals surface area contributed by atoms with E-state index >= 15 is 0 Å². The average Bonchev–Trinajstić information content (AvgIpc) is 2.80. The Labute approximate surface area is 112 Å². The molecular weight excluding hydrogens is 270 g/mol. The summed E-state index contributed by atoms with van der Waals surface area (Å²) in [6.45, 7) is 0.0516. The molecule has 0 bridgehead atoms. The summed E-state index contributed by atoms with van der Waals surface area (Å²) in [5.41, 5.74) is 0. The molecular formula is C12H19NO3S2. The number of hydrogen-bond donors (Lipinski definition) is 2. The van der Waals surface area contributed by atoms with Crippen molar-refractivity contribution in [1.29, 1.82) is 0 Å². The summed E-state index contributed by atoms with van der Waals surface area (Å²) in [4.78, 5) is 0.904. The van der Waals surface area contributed by atoms with Crippen LogP contribution < -0.4 is 4.72 Å². The maximum atomic E-state index is 12.2. The summed E-state index contributed by atoms with van der Waals surface area (Å²) < 4.78 is 27.5. The fourth-order valence-corrected chi connectivity index (χ4v) is 4.91. The smallest absolute Gasteiger partial charge is 0.250 e. The standard InChI is InChI=1S/C12H19NO3S2/c14-9-8-11-6-7-12(17-11)18(15,16)13-10-4-2-1-3-5-10/h6-7,10,13-14H,1-5,8-9H2. The van der Waals surface area contributed by atoms with Gasteiger partial charge in [-0.3, -0.25) is 0 Å². The molecule has 0 amide bonds. The molecule has 1 aromatic rings. The highest BCUT2D eigenvalue weighted by molar-refractivity contribution is 7.91. The molecule has 1 saturated carbocycles. The Hall–Kier alpha value is -0.430. The second kappa shape index (κ2) is 6.14. The van der Waals surface area contributed by atoms with E-state index < -0.39 is 10.0 Å². The van der Waals surface area contributed by atoms with E-state index in [9.17, 15) is 8.42 Å². The fraction of sp³-hybridized carbons (Fsp3) is 0.667. The van der Waals surface area contributed by atoms with Crippen LogP contribution >= 0.6 is 11.3 Å². The largest absolute Gasteiger partial charge is 0.396 e. The lowest BCUT2D eigenvalue weighted by molar-refractivity contribution is 0.300. The second-order valence-corrected chi connectivity index (χ2v) is 7.76. The third kappa shape index (κ3) is 3.54. The number of aliphatic hydroxyl groups is 1. The van der Waals surface area contributed by atoms with E-state index in [1.165, 1.54) is 17.8 Å². The van der Waals surface area contributed by atoms with Crippen molar-refractivity contribution in [2.45, 2.75) is 48.8 Å². The predicted octanol–water partition coefficient (Wildman–Crippen LogP) is 1.89. The van der Waals surface area contributed by atoms with Crippen LogP contribution in [-0.2, 0) is 16.4 Å². The van der Waals surface area contributed by atoms with Crippen molar-refractivity contribution in [3.05, 3.63) is 17.0 Å². The van der Waals surface area contributed by atoms with Crippen LogP contribution in [0.5, 0.6) is 0 Å². The van der Waals surface area contributed by atoms with Crippen LogP contribution in [0.2, 0.25) is 0 Å². The zero-order valence-electron chi connectivity index (χ0n) is 10.3. The van der Waals surface area contributed by atoms with Crippen molar-refractivity contribution in [2.75, 3.05) is 6.61 Å². The van der Waals surface area contributed by atoms with Gasteiger partial charge in [0, 0.05) is 23.9 Å². The highest BCUT2D eigenvalue weighted by atomic mass is 32.2. The van der Waals surface area contributed by atoms with Crippen LogP contribution in [-0.4, -0.2) is 26.2 Å². The molecule has 0 aliphatic heterocycles. The lowest BCUT2D eigenvalue weighted by Gasteiger charge is -2.22. The van der Waals surface area contributed by atoms with Crippen LogP contribution in [0.1, 0.15) is 37.0 Å². The number of nitrogens with one attached hydrogen (secondary N) is 1. The number of sulfonamides is 1. The summed E-state index contributed by atoms with van der Waals surface area (Å²) in [5.74, 6) is 0. The van der Waals surface area contributed by atoms with Crippen LogP contribution in [0.4, 0.5) is 0 Å². The van der Waals surface area contributed by atoms with E-state index in [1.54, 1.807) is 12.1 Å². The average molecular weight is 289 g/mol. The van der Waals surface area contributed by atoms with E-state index in [1.807, 2.05) is 0 Å². The Bertz CT molecular complexity index is 475. The molecule has 1 fully saturated rings. The summed E-state index contributed by atoms with van der Waals surface area (Å²) in [5, 5.41) is 8.83. The molecule has 0 aromatic carbocycles. The zero-order valence-corrected chi connectivity index (χ0v) is 11.9. The van der Waals surface area contributed by atoms with Gasteiger partial charge in [0.2, 0.25) is 10.0 Å². The van der Waals surface area contributed by atoms with Crippen molar-refractivity contribution in [3.63, 3.8) is 0 Å². The Morgan fingerprint density at radius 1 is 1.28 bits per heavy atom. The quantitative estimate of drug-likeness (QED) is 0.870. The minimum absolute atomic E-state index is 0.0516. The van der Waals surface area contributed by atoms with E-state index in [2.05, 4.69) is 4.72 Å². The van der Waals surface area contributed by atoms with Crippen LogP contribution in [0.25, 0.3) is 0 Å². The third-order valence-corrected chi connectivity index (χ3v) is 6.34. The summed E-state index contributed by atoms with van der Waals surface area (Å²) in [6.07, 6.45) is 5.81. The summed E-state index contributed by atoms with van der Waals surface area (Å²) in [6, 6.07) is 3.49. The minimum atomic E-state index is -3.37. The van der Waals surface area contributed by atoms with Gasteiger partial charge in [-0.05, 0) is 25.0 Å². The first-order valence-electron chi connectivity index (χ1n) is 6.34. The van der Waals surface area contributed by atoms with Crippen molar-refractivity contribution in [2.24, 2.45) is 0 Å². The zero-order chi connectivity index (χ0) is 13.0.